The summed E-state index contributed by atoms with van der Waals surface area (Å²) in [6.45, 7) is 0. The average Bonchev–Trinajstić information content (AvgIpc) is 2.44. The average molecular weight is 316 g/mol. The minimum atomic E-state index is 0.462. The number of hydrogen-bond acceptors (Lipinski definition) is 4. The van der Waals surface area contributed by atoms with E-state index in [1.54, 1.807) is 12.3 Å². The van der Waals surface area contributed by atoms with Gasteiger partial charge in [0.05, 0.1) is 10.7 Å². The zero-order valence-corrected chi connectivity index (χ0v) is 11.5. The van der Waals surface area contributed by atoms with Gasteiger partial charge in [-0.15, -0.1) is 5.10 Å². The number of ether oxygens (including phenoxy) is 1. The molecule has 0 saturated carbocycles. The summed E-state index contributed by atoms with van der Waals surface area (Å²) < 4.78 is 6.52. The second-order valence-corrected chi connectivity index (χ2v) is 4.79. The summed E-state index contributed by atoms with van der Waals surface area (Å²) in [7, 11) is 0. The van der Waals surface area contributed by atoms with Gasteiger partial charge >= 0.3 is 0 Å². The molecule has 2 aromatic carbocycles. The molecule has 0 aliphatic heterocycles. The summed E-state index contributed by atoms with van der Waals surface area (Å²) in [5, 5.41) is 9.87. The molecule has 0 spiro atoms. The third-order valence-electron chi connectivity index (χ3n) is 2.74. The summed E-state index contributed by atoms with van der Waals surface area (Å²) >= 11 is 3.40. The Labute approximate surface area is 118 Å². The first-order valence-electron chi connectivity index (χ1n) is 5.68. The molecule has 0 bridgehead atoms. The zero-order chi connectivity index (χ0) is 13.2. The van der Waals surface area contributed by atoms with Crippen LogP contribution in [0.4, 0.5) is 5.69 Å². The Hall–Kier alpha value is -2.14. The van der Waals surface area contributed by atoms with E-state index in [1.807, 2.05) is 36.4 Å². The summed E-state index contributed by atoms with van der Waals surface area (Å²) in [5.74, 6) is 1.08. The van der Waals surface area contributed by atoms with Crippen LogP contribution in [0, 0.1) is 0 Å². The Kier molecular flexibility index (Phi) is 3.05. The van der Waals surface area contributed by atoms with E-state index in [0.717, 1.165) is 10.8 Å². The monoisotopic (exact) mass is 315 g/mol. The highest BCUT2D eigenvalue weighted by Gasteiger charge is 2.09. The van der Waals surface area contributed by atoms with Crippen LogP contribution in [0.5, 0.6) is 11.6 Å². The number of aromatic nitrogens is 2. The molecule has 1 aromatic heterocycles. The predicted octanol–water partition coefficient (Wildman–Crippen LogP) is 3.77. The van der Waals surface area contributed by atoms with Gasteiger partial charge in [0.1, 0.15) is 5.75 Å². The van der Waals surface area contributed by atoms with Crippen LogP contribution in [-0.2, 0) is 0 Å². The topological polar surface area (TPSA) is 61.0 Å². The number of benzene rings is 2. The number of nitrogen functional groups attached to an aromatic ring is 1. The van der Waals surface area contributed by atoms with Crippen molar-refractivity contribution >= 4 is 32.4 Å². The van der Waals surface area contributed by atoms with Crippen molar-refractivity contribution in [2.45, 2.75) is 0 Å². The normalized spacial score (nSPS) is 10.6. The fraction of sp³-hybridized carbons (Fsp3) is 0. The Morgan fingerprint density at radius 1 is 1.05 bits per heavy atom. The number of fused-ring (bicyclic) bond motifs is 1. The van der Waals surface area contributed by atoms with Crippen molar-refractivity contribution in [1.82, 2.24) is 10.2 Å². The van der Waals surface area contributed by atoms with E-state index in [2.05, 4.69) is 26.1 Å². The van der Waals surface area contributed by atoms with Crippen LogP contribution >= 0.6 is 15.9 Å². The minimum absolute atomic E-state index is 0.462. The van der Waals surface area contributed by atoms with Gasteiger partial charge in [0.2, 0.25) is 5.88 Å². The fourth-order valence-corrected chi connectivity index (χ4v) is 2.13. The predicted molar refractivity (Wildman–Crippen MR) is 78.2 cm³/mol. The first-order valence-corrected chi connectivity index (χ1v) is 6.47. The van der Waals surface area contributed by atoms with E-state index >= 15 is 0 Å². The second kappa shape index (κ2) is 4.85. The molecule has 0 saturated heterocycles. The molecule has 0 aliphatic rings. The summed E-state index contributed by atoms with van der Waals surface area (Å²) in [5.41, 5.74) is 6.44. The van der Waals surface area contributed by atoms with Crippen molar-refractivity contribution in [2.24, 2.45) is 0 Å². The van der Waals surface area contributed by atoms with Crippen molar-refractivity contribution in [1.29, 1.82) is 0 Å². The Balaban J connectivity index is 2.09. The van der Waals surface area contributed by atoms with Gasteiger partial charge < -0.3 is 10.5 Å². The van der Waals surface area contributed by atoms with Crippen LogP contribution in [0.25, 0.3) is 10.8 Å². The molecule has 0 unspecified atom stereocenters. The summed E-state index contributed by atoms with van der Waals surface area (Å²) in [6.07, 6.45) is 1.70. The molecule has 3 rings (SSSR count). The standard InChI is InChI=1S/C14H10BrN3O/c15-13-11(16)6-3-7-12(13)19-14-10-5-2-1-4-9(10)8-17-18-14/h1-8H,16H2. The first kappa shape index (κ1) is 11.9. The molecule has 1 heterocycles. The van der Waals surface area contributed by atoms with Crippen molar-refractivity contribution in [3.8, 4) is 11.6 Å². The fourth-order valence-electron chi connectivity index (χ4n) is 1.79. The Morgan fingerprint density at radius 2 is 1.89 bits per heavy atom. The molecule has 5 heteroatoms. The van der Waals surface area contributed by atoms with Crippen LogP contribution in [0.1, 0.15) is 0 Å². The van der Waals surface area contributed by atoms with E-state index in [1.165, 1.54) is 0 Å². The van der Waals surface area contributed by atoms with Crippen molar-refractivity contribution < 1.29 is 4.74 Å². The van der Waals surface area contributed by atoms with Gasteiger partial charge in [0.25, 0.3) is 0 Å². The van der Waals surface area contributed by atoms with Gasteiger partial charge in [-0.25, -0.2) is 0 Å². The highest BCUT2D eigenvalue weighted by molar-refractivity contribution is 9.10. The second-order valence-electron chi connectivity index (χ2n) is 4.00. The maximum atomic E-state index is 5.82. The third kappa shape index (κ3) is 2.24. The number of rotatable bonds is 2. The van der Waals surface area contributed by atoms with E-state index in [9.17, 15) is 0 Å². The zero-order valence-electron chi connectivity index (χ0n) is 9.88. The molecule has 0 radical (unpaired) electrons. The molecule has 0 amide bonds. The van der Waals surface area contributed by atoms with E-state index in [4.69, 9.17) is 10.5 Å². The molecule has 3 aromatic rings. The van der Waals surface area contributed by atoms with Gasteiger partial charge in [-0.3, -0.25) is 0 Å². The minimum Gasteiger partial charge on any atom is -0.436 e. The van der Waals surface area contributed by atoms with Crippen molar-refractivity contribution in [3.05, 3.63) is 53.1 Å². The Bertz CT molecular complexity index is 740. The number of hydrogen-bond donors (Lipinski definition) is 1. The van der Waals surface area contributed by atoms with Gasteiger partial charge in [0, 0.05) is 16.5 Å². The maximum Gasteiger partial charge on any atom is 0.246 e. The molecule has 94 valence electrons. The highest BCUT2D eigenvalue weighted by atomic mass is 79.9. The molecular weight excluding hydrogens is 306 g/mol. The number of anilines is 1. The number of halogens is 1. The quantitative estimate of drug-likeness (QED) is 0.731. The Morgan fingerprint density at radius 3 is 2.79 bits per heavy atom. The smallest absolute Gasteiger partial charge is 0.246 e. The third-order valence-corrected chi connectivity index (χ3v) is 3.58. The van der Waals surface area contributed by atoms with E-state index < -0.39 is 0 Å². The molecule has 19 heavy (non-hydrogen) atoms. The van der Waals surface area contributed by atoms with Gasteiger partial charge in [0.15, 0.2) is 0 Å². The SMILES string of the molecule is Nc1cccc(Oc2nncc3ccccc23)c1Br. The van der Waals surface area contributed by atoms with Crippen LogP contribution in [-0.4, -0.2) is 10.2 Å². The largest absolute Gasteiger partial charge is 0.436 e. The molecule has 2 N–H and O–H groups in total. The van der Waals surface area contributed by atoms with Crippen LogP contribution in [0.2, 0.25) is 0 Å². The maximum absolute atomic E-state index is 5.82. The van der Waals surface area contributed by atoms with Crippen LogP contribution in [0.15, 0.2) is 53.1 Å². The molecule has 0 aliphatic carbocycles. The molecule has 0 fully saturated rings. The van der Waals surface area contributed by atoms with Crippen LogP contribution in [0.3, 0.4) is 0 Å². The van der Waals surface area contributed by atoms with Gasteiger partial charge in [-0.1, -0.05) is 24.3 Å². The molecular formula is C14H10BrN3O. The number of nitrogens with two attached hydrogens (primary N) is 1. The lowest BCUT2D eigenvalue weighted by molar-refractivity contribution is 0.459. The van der Waals surface area contributed by atoms with Crippen molar-refractivity contribution in [2.75, 3.05) is 5.73 Å². The van der Waals surface area contributed by atoms with E-state index in [-0.39, 0.29) is 0 Å². The molecule has 4 nitrogen and oxygen atoms in total. The lowest BCUT2D eigenvalue weighted by Gasteiger charge is -2.09. The molecule has 0 atom stereocenters. The van der Waals surface area contributed by atoms with Gasteiger partial charge in [-0.05, 0) is 34.1 Å². The number of nitrogens with zero attached hydrogens (tertiary/aromatic N) is 2. The summed E-state index contributed by atoms with van der Waals surface area (Å²) in [4.78, 5) is 0. The van der Waals surface area contributed by atoms with Crippen LogP contribution < -0.4 is 10.5 Å². The van der Waals surface area contributed by atoms with Gasteiger partial charge in [-0.2, -0.15) is 5.10 Å². The highest BCUT2D eigenvalue weighted by Crippen LogP contribution is 2.34. The van der Waals surface area contributed by atoms with E-state index in [0.29, 0.717) is 21.8 Å². The first-order chi connectivity index (χ1) is 9.25. The lowest BCUT2D eigenvalue weighted by atomic mass is 10.2. The van der Waals surface area contributed by atoms with Crippen molar-refractivity contribution in [3.63, 3.8) is 0 Å². The lowest BCUT2D eigenvalue weighted by Crippen LogP contribution is -1.94. The summed E-state index contributed by atoms with van der Waals surface area (Å²) in [6, 6.07) is 13.2.